The average molecular weight is 348 g/mol. The molecule has 0 atom stereocenters. The summed E-state index contributed by atoms with van der Waals surface area (Å²) >= 11 is 0. The fraction of sp³-hybridized carbons (Fsp3) is 0.500. The largest absolute Gasteiger partial charge is 0.355 e. The summed E-state index contributed by atoms with van der Waals surface area (Å²) in [6, 6.07) is 6.43. The second-order valence-electron chi connectivity index (χ2n) is 5.07. The monoisotopic (exact) mass is 347 g/mol. The molecule has 0 aromatic heterocycles. The Morgan fingerprint density at radius 2 is 1.68 bits per heavy atom. The molecule has 1 aliphatic heterocycles. The van der Waals surface area contributed by atoms with Crippen molar-refractivity contribution in [2.24, 2.45) is 0 Å². The van der Waals surface area contributed by atoms with Crippen LogP contribution in [0.3, 0.4) is 0 Å². The third-order valence-electron chi connectivity index (χ3n) is 3.84. The predicted molar refractivity (Wildman–Crippen MR) is 87.9 cm³/mol. The highest BCUT2D eigenvalue weighted by molar-refractivity contribution is 7.89. The molecule has 22 heavy (non-hydrogen) atoms. The zero-order valence-electron chi connectivity index (χ0n) is 12.7. The summed E-state index contributed by atoms with van der Waals surface area (Å²) in [6.07, 6.45) is 1.62. The number of hydrogen-bond donors (Lipinski definition) is 2. The molecule has 1 aromatic carbocycles. The predicted octanol–water partition coefficient (Wildman–Crippen LogP) is 0.841. The molecule has 0 bridgehead atoms. The van der Waals surface area contributed by atoms with Crippen molar-refractivity contribution < 1.29 is 13.2 Å². The van der Waals surface area contributed by atoms with Gasteiger partial charge in [0.05, 0.1) is 4.90 Å². The first-order valence-corrected chi connectivity index (χ1v) is 8.42. The van der Waals surface area contributed by atoms with E-state index in [-0.39, 0.29) is 23.2 Å². The number of carbonyl (C=O) groups excluding carboxylic acids is 1. The Hall–Kier alpha value is -1.15. The lowest BCUT2D eigenvalue weighted by atomic mass is 10.1. The molecule has 1 aromatic rings. The maximum Gasteiger partial charge on any atom is 0.251 e. The number of rotatable bonds is 4. The maximum atomic E-state index is 12.5. The molecule has 0 saturated carbocycles. The number of benzene rings is 1. The fourth-order valence-corrected chi connectivity index (χ4v) is 3.93. The van der Waals surface area contributed by atoms with E-state index in [1.807, 2.05) is 7.05 Å². The number of sulfonamides is 1. The quantitative estimate of drug-likeness (QED) is 0.846. The Kier molecular flexibility index (Phi) is 6.80. The summed E-state index contributed by atoms with van der Waals surface area (Å²) < 4.78 is 26.6. The Morgan fingerprint density at radius 3 is 2.14 bits per heavy atom. The van der Waals surface area contributed by atoms with Crippen molar-refractivity contribution in [2.45, 2.75) is 23.8 Å². The van der Waals surface area contributed by atoms with Crippen LogP contribution in [0.25, 0.3) is 0 Å². The van der Waals surface area contributed by atoms with Crippen LogP contribution in [0.2, 0.25) is 0 Å². The lowest BCUT2D eigenvalue weighted by molar-refractivity contribution is 0.0963. The van der Waals surface area contributed by atoms with Gasteiger partial charge in [0.15, 0.2) is 0 Å². The minimum atomic E-state index is -3.47. The van der Waals surface area contributed by atoms with Gasteiger partial charge < -0.3 is 10.6 Å². The molecule has 0 radical (unpaired) electrons. The standard InChI is InChI=1S/C14H21N3O3S.ClH/c1-15-12-7-9-17(10-8-12)21(19,20)13-5-3-11(4-6-13)14(18)16-2;/h3-6,12,15H,7-10H2,1-2H3,(H,16,18);1H. The molecule has 0 spiro atoms. The Morgan fingerprint density at radius 1 is 1.14 bits per heavy atom. The van der Waals surface area contributed by atoms with E-state index in [9.17, 15) is 13.2 Å². The number of nitrogens with zero attached hydrogens (tertiary/aromatic N) is 1. The minimum absolute atomic E-state index is 0. The molecular formula is C14H22ClN3O3S. The first-order valence-electron chi connectivity index (χ1n) is 6.98. The third-order valence-corrected chi connectivity index (χ3v) is 5.76. The van der Waals surface area contributed by atoms with Crippen LogP contribution in [-0.2, 0) is 10.0 Å². The van der Waals surface area contributed by atoms with Crippen molar-refractivity contribution in [3.63, 3.8) is 0 Å². The molecule has 8 heteroatoms. The molecule has 6 nitrogen and oxygen atoms in total. The molecule has 0 unspecified atom stereocenters. The van der Waals surface area contributed by atoms with Gasteiger partial charge in [0.1, 0.15) is 0 Å². The molecule has 1 aliphatic rings. The van der Waals surface area contributed by atoms with Crippen molar-refractivity contribution in [3.8, 4) is 0 Å². The van der Waals surface area contributed by atoms with Crippen LogP contribution in [-0.4, -0.2) is 51.9 Å². The third kappa shape index (κ3) is 3.98. The molecule has 124 valence electrons. The normalized spacial score (nSPS) is 16.8. The smallest absolute Gasteiger partial charge is 0.251 e. The molecule has 2 rings (SSSR count). The lowest BCUT2D eigenvalue weighted by Crippen LogP contribution is -2.43. The van der Waals surface area contributed by atoms with Crippen molar-refractivity contribution in [3.05, 3.63) is 29.8 Å². The van der Waals surface area contributed by atoms with Crippen LogP contribution < -0.4 is 10.6 Å². The number of carbonyl (C=O) groups is 1. The van der Waals surface area contributed by atoms with Crippen molar-refractivity contribution >= 4 is 28.3 Å². The number of amides is 1. The first-order chi connectivity index (χ1) is 9.98. The highest BCUT2D eigenvalue weighted by Crippen LogP contribution is 2.21. The van der Waals surface area contributed by atoms with E-state index in [1.54, 1.807) is 7.05 Å². The highest BCUT2D eigenvalue weighted by Gasteiger charge is 2.28. The van der Waals surface area contributed by atoms with E-state index in [2.05, 4.69) is 10.6 Å². The summed E-state index contributed by atoms with van der Waals surface area (Å²) in [5, 5.41) is 5.68. The topological polar surface area (TPSA) is 78.5 Å². The molecule has 1 heterocycles. The number of halogens is 1. The van der Waals surface area contributed by atoms with E-state index in [4.69, 9.17) is 0 Å². The fourth-order valence-electron chi connectivity index (χ4n) is 2.46. The highest BCUT2D eigenvalue weighted by atomic mass is 35.5. The zero-order chi connectivity index (χ0) is 15.5. The van der Waals surface area contributed by atoms with Gasteiger partial charge in [-0.05, 0) is 44.2 Å². The van der Waals surface area contributed by atoms with Gasteiger partial charge in [0.25, 0.3) is 5.91 Å². The molecular weight excluding hydrogens is 326 g/mol. The van der Waals surface area contributed by atoms with Crippen LogP contribution in [0, 0.1) is 0 Å². The second kappa shape index (κ2) is 7.92. The first kappa shape index (κ1) is 18.9. The zero-order valence-corrected chi connectivity index (χ0v) is 14.3. The van der Waals surface area contributed by atoms with Crippen LogP contribution in [0.4, 0.5) is 0 Å². The Balaban J connectivity index is 0.00000242. The van der Waals surface area contributed by atoms with Crippen LogP contribution in [0.5, 0.6) is 0 Å². The number of nitrogens with one attached hydrogen (secondary N) is 2. The Labute approximate surface area is 137 Å². The van der Waals surface area contributed by atoms with Gasteiger partial charge in [0.2, 0.25) is 10.0 Å². The van der Waals surface area contributed by atoms with Gasteiger partial charge in [-0.15, -0.1) is 12.4 Å². The molecule has 1 amide bonds. The van der Waals surface area contributed by atoms with Gasteiger partial charge in [-0.2, -0.15) is 4.31 Å². The van der Waals surface area contributed by atoms with Crippen molar-refractivity contribution in [2.75, 3.05) is 27.2 Å². The van der Waals surface area contributed by atoms with Gasteiger partial charge in [-0.25, -0.2) is 8.42 Å². The number of hydrogen-bond acceptors (Lipinski definition) is 4. The van der Waals surface area contributed by atoms with E-state index >= 15 is 0 Å². The Bertz CT molecular complexity index is 596. The number of piperidine rings is 1. The average Bonchev–Trinajstić information content (AvgIpc) is 2.54. The van der Waals surface area contributed by atoms with Crippen molar-refractivity contribution in [1.82, 2.24) is 14.9 Å². The van der Waals surface area contributed by atoms with E-state index in [0.29, 0.717) is 24.7 Å². The van der Waals surface area contributed by atoms with Gasteiger partial charge in [-0.1, -0.05) is 0 Å². The minimum Gasteiger partial charge on any atom is -0.355 e. The van der Waals surface area contributed by atoms with Gasteiger partial charge in [0, 0.05) is 31.7 Å². The van der Waals surface area contributed by atoms with Crippen LogP contribution in [0.1, 0.15) is 23.2 Å². The lowest BCUT2D eigenvalue weighted by Gasteiger charge is -2.31. The van der Waals surface area contributed by atoms with Crippen LogP contribution >= 0.6 is 12.4 Å². The molecule has 1 fully saturated rings. The van der Waals surface area contributed by atoms with Crippen molar-refractivity contribution in [1.29, 1.82) is 0 Å². The summed E-state index contributed by atoms with van der Waals surface area (Å²) in [4.78, 5) is 11.7. The molecule has 0 aliphatic carbocycles. The molecule has 2 N–H and O–H groups in total. The van der Waals surface area contributed by atoms with E-state index < -0.39 is 10.0 Å². The maximum absolute atomic E-state index is 12.5. The SMILES string of the molecule is CNC(=O)c1ccc(S(=O)(=O)N2CCC(NC)CC2)cc1.Cl. The van der Waals surface area contributed by atoms with Gasteiger partial charge in [-0.3, -0.25) is 4.79 Å². The second-order valence-corrected chi connectivity index (χ2v) is 7.01. The summed E-state index contributed by atoms with van der Waals surface area (Å²) in [7, 11) is -0.0333. The summed E-state index contributed by atoms with van der Waals surface area (Å²) in [5.74, 6) is -0.228. The molecule has 1 saturated heterocycles. The van der Waals surface area contributed by atoms with Crippen LogP contribution in [0.15, 0.2) is 29.2 Å². The van der Waals surface area contributed by atoms with E-state index in [0.717, 1.165) is 12.8 Å². The van der Waals surface area contributed by atoms with E-state index in [1.165, 1.54) is 28.6 Å². The summed E-state index contributed by atoms with van der Waals surface area (Å²) in [5.41, 5.74) is 0.449. The van der Waals surface area contributed by atoms with Gasteiger partial charge >= 0.3 is 0 Å². The summed E-state index contributed by atoms with van der Waals surface area (Å²) in [6.45, 7) is 1.04.